The number of sulfonamides is 1. The quantitative estimate of drug-likeness (QED) is 0.692. The third-order valence-corrected chi connectivity index (χ3v) is 7.57. The molecule has 1 aromatic carbocycles. The predicted octanol–water partition coefficient (Wildman–Crippen LogP) is 1.88. The second-order valence-electron chi connectivity index (χ2n) is 7.12. The second kappa shape index (κ2) is 9.51. The van der Waals surface area contributed by atoms with Crippen molar-refractivity contribution in [1.82, 2.24) is 10.2 Å². The van der Waals surface area contributed by atoms with Gasteiger partial charge in [-0.05, 0) is 37.0 Å². The van der Waals surface area contributed by atoms with Crippen LogP contribution in [0.2, 0.25) is 0 Å². The number of nitrogens with one attached hydrogen (secondary N) is 1. The van der Waals surface area contributed by atoms with Crippen molar-refractivity contribution < 1.29 is 18.0 Å². The molecule has 0 saturated carbocycles. The molecule has 156 valence electrons. The van der Waals surface area contributed by atoms with E-state index in [9.17, 15) is 18.0 Å². The fraction of sp³-hybridized carbons (Fsp3) is 0.400. The van der Waals surface area contributed by atoms with E-state index in [0.29, 0.717) is 32.4 Å². The van der Waals surface area contributed by atoms with Crippen molar-refractivity contribution in [2.75, 3.05) is 13.1 Å². The number of benzene rings is 1. The van der Waals surface area contributed by atoms with Crippen molar-refractivity contribution in [3.05, 3.63) is 52.9 Å². The number of rotatable bonds is 7. The summed E-state index contributed by atoms with van der Waals surface area (Å²) < 4.78 is 22.7. The van der Waals surface area contributed by atoms with Crippen LogP contribution in [0.1, 0.15) is 29.7 Å². The fourth-order valence-electron chi connectivity index (χ4n) is 3.37. The standard InChI is InChI=1S/C20H25N3O4S2/c21-29(26,27)19-9-7-17(28-19)14-22-20(25)16-10-12-23(13-11-16)18(24)8-6-15-4-2-1-3-5-15/h1-5,7,9,16H,6,8,10-14H2,(H,22,25)(H2,21,26,27). The third-order valence-electron chi connectivity index (χ3n) is 5.04. The molecule has 1 aliphatic rings. The summed E-state index contributed by atoms with van der Waals surface area (Å²) in [6.07, 6.45) is 2.47. The van der Waals surface area contributed by atoms with Gasteiger partial charge in [-0.15, -0.1) is 11.3 Å². The Morgan fingerprint density at radius 3 is 2.41 bits per heavy atom. The van der Waals surface area contributed by atoms with E-state index >= 15 is 0 Å². The van der Waals surface area contributed by atoms with E-state index in [0.717, 1.165) is 28.2 Å². The first-order valence-corrected chi connectivity index (χ1v) is 11.9. The molecule has 1 aromatic heterocycles. The van der Waals surface area contributed by atoms with Gasteiger partial charge in [-0.25, -0.2) is 13.6 Å². The Morgan fingerprint density at radius 2 is 1.79 bits per heavy atom. The normalized spacial score (nSPS) is 15.3. The maximum absolute atomic E-state index is 12.4. The third kappa shape index (κ3) is 6.12. The van der Waals surface area contributed by atoms with Crippen LogP contribution in [0.25, 0.3) is 0 Å². The van der Waals surface area contributed by atoms with E-state index in [-0.39, 0.29) is 28.5 Å². The first-order valence-electron chi connectivity index (χ1n) is 9.54. The topological polar surface area (TPSA) is 110 Å². The molecule has 1 aliphatic heterocycles. The number of thiophene rings is 1. The molecule has 2 heterocycles. The molecule has 0 aliphatic carbocycles. The molecule has 0 atom stereocenters. The number of hydrogen-bond donors (Lipinski definition) is 2. The van der Waals surface area contributed by atoms with Gasteiger partial charge >= 0.3 is 0 Å². The maximum Gasteiger partial charge on any atom is 0.247 e. The zero-order valence-electron chi connectivity index (χ0n) is 16.0. The van der Waals surface area contributed by atoms with Crippen LogP contribution in [-0.4, -0.2) is 38.2 Å². The van der Waals surface area contributed by atoms with E-state index < -0.39 is 10.0 Å². The Kier molecular flexibility index (Phi) is 7.05. The van der Waals surface area contributed by atoms with Crippen molar-refractivity contribution in [2.45, 2.75) is 36.4 Å². The van der Waals surface area contributed by atoms with Crippen LogP contribution in [0.4, 0.5) is 0 Å². The summed E-state index contributed by atoms with van der Waals surface area (Å²) in [5, 5.41) is 7.95. The summed E-state index contributed by atoms with van der Waals surface area (Å²) in [6, 6.07) is 13.0. The molecule has 7 nitrogen and oxygen atoms in total. The number of carbonyl (C=O) groups is 2. The van der Waals surface area contributed by atoms with E-state index in [2.05, 4.69) is 5.32 Å². The first-order chi connectivity index (χ1) is 13.8. The van der Waals surface area contributed by atoms with Gasteiger partial charge in [0.15, 0.2) is 0 Å². The lowest BCUT2D eigenvalue weighted by molar-refractivity contribution is -0.135. The molecular formula is C20H25N3O4S2. The molecule has 2 aromatic rings. The molecule has 2 amide bonds. The van der Waals surface area contributed by atoms with E-state index in [1.807, 2.05) is 35.2 Å². The molecule has 29 heavy (non-hydrogen) atoms. The lowest BCUT2D eigenvalue weighted by Crippen LogP contribution is -2.42. The smallest absolute Gasteiger partial charge is 0.247 e. The van der Waals surface area contributed by atoms with Gasteiger partial charge in [-0.2, -0.15) is 0 Å². The van der Waals surface area contributed by atoms with Gasteiger partial charge in [0.2, 0.25) is 21.8 Å². The summed E-state index contributed by atoms with van der Waals surface area (Å²) in [5.41, 5.74) is 1.15. The van der Waals surface area contributed by atoms with Crippen LogP contribution in [-0.2, 0) is 32.6 Å². The summed E-state index contributed by atoms with van der Waals surface area (Å²) in [5.74, 6) is -0.0698. The number of nitrogens with two attached hydrogens (primary N) is 1. The van der Waals surface area contributed by atoms with Gasteiger partial charge in [-0.3, -0.25) is 9.59 Å². The van der Waals surface area contributed by atoms with E-state index in [4.69, 9.17) is 5.14 Å². The highest BCUT2D eigenvalue weighted by Gasteiger charge is 2.27. The molecule has 0 spiro atoms. The van der Waals surface area contributed by atoms with Gasteiger partial charge in [0.1, 0.15) is 4.21 Å². The summed E-state index contributed by atoms with van der Waals surface area (Å²) in [4.78, 5) is 27.4. The summed E-state index contributed by atoms with van der Waals surface area (Å²) in [6.45, 7) is 1.44. The molecule has 3 rings (SSSR count). The Hall–Kier alpha value is -2.23. The van der Waals surface area contributed by atoms with Gasteiger partial charge < -0.3 is 10.2 Å². The van der Waals surface area contributed by atoms with Crippen molar-refractivity contribution in [3.63, 3.8) is 0 Å². The minimum Gasteiger partial charge on any atom is -0.351 e. The van der Waals surface area contributed by atoms with Crippen molar-refractivity contribution in [3.8, 4) is 0 Å². The molecule has 0 radical (unpaired) electrons. The molecule has 3 N–H and O–H groups in total. The van der Waals surface area contributed by atoms with Crippen molar-refractivity contribution in [1.29, 1.82) is 0 Å². The van der Waals surface area contributed by atoms with Crippen LogP contribution in [0.3, 0.4) is 0 Å². The number of carbonyl (C=O) groups excluding carboxylic acids is 2. The van der Waals surface area contributed by atoms with Gasteiger partial charge in [-0.1, -0.05) is 30.3 Å². The summed E-state index contributed by atoms with van der Waals surface area (Å²) in [7, 11) is -3.71. The fourth-order valence-corrected chi connectivity index (χ4v) is 5.09. The zero-order chi connectivity index (χ0) is 20.9. The van der Waals surface area contributed by atoms with Gasteiger partial charge in [0.25, 0.3) is 0 Å². The van der Waals surface area contributed by atoms with Crippen LogP contribution < -0.4 is 10.5 Å². The second-order valence-corrected chi connectivity index (χ2v) is 10.1. The molecule has 0 unspecified atom stereocenters. The first kappa shape index (κ1) is 21.5. The number of amides is 2. The summed E-state index contributed by atoms with van der Waals surface area (Å²) >= 11 is 1.06. The molecular weight excluding hydrogens is 410 g/mol. The molecule has 1 fully saturated rings. The van der Waals surface area contributed by atoms with Crippen molar-refractivity contribution >= 4 is 33.2 Å². The van der Waals surface area contributed by atoms with Crippen LogP contribution >= 0.6 is 11.3 Å². The Labute approximate surface area is 175 Å². The zero-order valence-corrected chi connectivity index (χ0v) is 17.7. The molecule has 9 heteroatoms. The maximum atomic E-state index is 12.4. The lowest BCUT2D eigenvalue weighted by Gasteiger charge is -2.31. The predicted molar refractivity (Wildman–Crippen MR) is 112 cm³/mol. The Bertz CT molecular complexity index is 949. The van der Waals surface area contributed by atoms with Crippen molar-refractivity contribution in [2.24, 2.45) is 11.1 Å². The number of hydrogen-bond acceptors (Lipinski definition) is 5. The Balaban J connectivity index is 1.41. The van der Waals surface area contributed by atoms with Gasteiger partial charge in [0.05, 0.1) is 6.54 Å². The van der Waals surface area contributed by atoms with Crippen LogP contribution in [0.5, 0.6) is 0 Å². The monoisotopic (exact) mass is 435 g/mol. The minimum absolute atomic E-state index is 0.0630. The highest BCUT2D eigenvalue weighted by molar-refractivity contribution is 7.91. The number of piperidine rings is 1. The van der Waals surface area contributed by atoms with E-state index in [1.165, 1.54) is 6.07 Å². The van der Waals surface area contributed by atoms with Gasteiger partial charge in [0, 0.05) is 30.3 Å². The Morgan fingerprint density at radius 1 is 1.10 bits per heavy atom. The van der Waals surface area contributed by atoms with E-state index in [1.54, 1.807) is 6.07 Å². The average molecular weight is 436 g/mol. The van der Waals surface area contributed by atoms with Crippen LogP contribution in [0, 0.1) is 5.92 Å². The number of nitrogens with zero attached hydrogens (tertiary/aromatic N) is 1. The molecule has 0 bridgehead atoms. The highest BCUT2D eigenvalue weighted by Crippen LogP contribution is 2.22. The number of primary sulfonamides is 1. The largest absolute Gasteiger partial charge is 0.351 e. The highest BCUT2D eigenvalue weighted by atomic mass is 32.2. The average Bonchev–Trinajstić information content (AvgIpc) is 3.21. The lowest BCUT2D eigenvalue weighted by atomic mass is 9.95. The number of aryl methyl sites for hydroxylation is 1. The minimum atomic E-state index is -3.71. The molecule has 1 saturated heterocycles. The SMILES string of the molecule is NS(=O)(=O)c1ccc(CNC(=O)C2CCN(C(=O)CCc3ccccc3)CC2)s1. The number of likely N-dealkylation sites (tertiary alicyclic amines) is 1. The van der Waals surface area contributed by atoms with Crippen LogP contribution in [0.15, 0.2) is 46.7 Å².